The van der Waals surface area contributed by atoms with Gasteiger partial charge in [-0.25, -0.2) is 4.39 Å². The number of hydrazone groups is 1. The SMILES string of the molecule is O=C(NC1=NN(c2ccccc2)C(=O)C1)c1ccc(F)cc1. The Kier molecular flexibility index (Phi) is 3.65. The molecule has 6 heteroatoms. The Morgan fingerprint density at radius 2 is 1.77 bits per heavy atom. The lowest BCUT2D eigenvalue weighted by molar-refractivity contribution is -0.116. The van der Waals surface area contributed by atoms with E-state index in [0.29, 0.717) is 11.3 Å². The lowest BCUT2D eigenvalue weighted by Gasteiger charge is -2.10. The Balaban J connectivity index is 1.74. The maximum absolute atomic E-state index is 12.8. The van der Waals surface area contributed by atoms with Crippen LogP contribution >= 0.6 is 0 Å². The monoisotopic (exact) mass is 297 g/mol. The van der Waals surface area contributed by atoms with E-state index in [9.17, 15) is 14.0 Å². The van der Waals surface area contributed by atoms with Gasteiger partial charge in [-0.05, 0) is 36.4 Å². The molecule has 0 saturated heterocycles. The second-order valence-corrected chi connectivity index (χ2v) is 4.73. The van der Waals surface area contributed by atoms with Crippen molar-refractivity contribution in [2.45, 2.75) is 6.42 Å². The van der Waals surface area contributed by atoms with E-state index < -0.39 is 11.7 Å². The van der Waals surface area contributed by atoms with Crippen LogP contribution in [0.5, 0.6) is 0 Å². The van der Waals surface area contributed by atoms with Crippen LogP contribution in [0.3, 0.4) is 0 Å². The van der Waals surface area contributed by atoms with Crippen molar-refractivity contribution in [2.24, 2.45) is 5.10 Å². The quantitative estimate of drug-likeness (QED) is 0.924. The molecule has 0 spiro atoms. The molecule has 0 aliphatic carbocycles. The van der Waals surface area contributed by atoms with E-state index in [1.54, 1.807) is 24.3 Å². The molecule has 22 heavy (non-hydrogen) atoms. The maximum atomic E-state index is 12.8. The number of anilines is 1. The molecule has 0 atom stereocenters. The zero-order valence-electron chi connectivity index (χ0n) is 11.5. The summed E-state index contributed by atoms with van der Waals surface area (Å²) in [6.45, 7) is 0. The molecule has 0 fully saturated rings. The van der Waals surface area contributed by atoms with Gasteiger partial charge in [-0.3, -0.25) is 9.59 Å². The van der Waals surface area contributed by atoms with Crippen LogP contribution in [0.4, 0.5) is 10.1 Å². The van der Waals surface area contributed by atoms with Crippen LogP contribution in [-0.4, -0.2) is 17.6 Å². The summed E-state index contributed by atoms with van der Waals surface area (Å²) in [5, 5.41) is 7.94. The van der Waals surface area contributed by atoms with E-state index in [1.807, 2.05) is 6.07 Å². The number of hydrogen-bond acceptors (Lipinski definition) is 3. The fourth-order valence-electron chi connectivity index (χ4n) is 2.07. The zero-order chi connectivity index (χ0) is 15.5. The molecule has 2 aromatic rings. The van der Waals surface area contributed by atoms with E-state index in [0.717, 1.165) is 0 Å². The molecular weight excluding hydrogens is 285 g/mol. The fourth-order valence-corrected chi connectivity index (χ4v) is 2.07. The van der Waals surface area contributed by atoms with Crippen molar-refractivity contribution in [1.82, 2.24) is 5.32 Å². The van der Waals surface area contributed by atoms with E-state index in [4.69, 9.17) is 0 Å². The second kappa shape index (κ2) is 5.77. The molecule has 1 aliphatic heterocycles. The number of nitrogens with zero attached hydrogens (tertiary/aromatic N) is 2. The topological polar surface area (TPSA) is 61.8 Å². The van der Waals surface area contributed by atoms with Crippen LogP contribution in [0.2, 0.25) is 0 Å². The molecule has 0 bridgehead atoms. The largest absolute Gasteiger partial charge is 0.308 e. The van der Waals surface area contributed by atoms with Crippen LogP contribution in [-0.2, 0) is 4.79 Å². The summed E-state index contributed by atoms with van der Waals surface area (Å²) in [6.07, 6.45) is 0.0157. The minimum Gasteiger partial charge on any atom is -0.308 e. The van der Waals surface area contributed by atoms with Crippen molar-refractivity contribution in [3.05, 3.63) is 66.0 Å². The number of para-hydroxylation sites is 1. The highest BCUT2D eigenvalue weighted by Crippen LogP contribution is 2.19. The molecule has 110 valence electrons. The Morgan fingerprint density at radius 1 is 1.09 bits per heavy atom. The number of amidine groups is 1. The van der Waals surface area contributed by atoms with Crippen LogP contribution in [0.25, 0.3) is 0 Å². The molecule has 0 saturated carbocycles. The van der Waals surface area contributed by atoms with Gasteiger partial charge in [0.1, 0.15) is 11.7 Å². The van der Waals surface area contributed by atoms with E-state index in [2.05, 4.69) is 10.4 Å². The molecule has 1 heterocycles. The fraction of sp³-hybridized carbons (Fsp3) is 0.0625. The van der Waals surface area contributed by atoms with Gasteiger partial charge < -0.3 is 5.32 Å². The summed E-state index contributed by atoms with van der Waals surface area (Å²) in [5.41, 5.74) is 0.938. The van der Waals surface area contributed by atoms with E-state index in [1.165, 1.54) is 29.3 Å². The summed E-state index contributed by atoms with van der Waals surface area (Å²) in [5.74, 6) is -0.801. The number of carbonyl (C=O) groups excluding carboxylic acids is 2. The molecule has 2 amide bonds. The van der Waals surface area contributed by atoms with Gasteiger partial charge in [0.05, 0.1) is 12.1 Å². The van der Waals surface area contributed by atoms with Gasteiger partial charge in [0, 0.05) is 5.56 Å². The summed E-state index contributed by atoms with van der Waals surface area (Å²) >= 11 is 0. The molecule has 0 radical (unpaired) electrons. The van der Waals surface area contributed by atoms with Crippen molar-refractivity contribution >= 4 is 23.3 Å². The van der Waals surface area contributed by atoms with Gasteiger partial charge in [-0.15, -0.1) is 0 Å². The first-order chi connectivity index (χ1) is 10.6. The van der Waals surface area contributed by atoms with E-state index in [-0.39, 0.29) is 18.2 Å². The van der Waals surface area contributed by atoms with E-state index >= 15 is 0 Å². The van der Waals surface area contributed by atoms with Crippen LogP contribution in [0, 0.1) is 5.82 Å². The predicted octanol–water partition coefficient (Wildman–Crippen LogP) is 2.31. The average molecular weight is 297 g/mol. The second-order valence-electron chi connectivity index (χ2n) is 4.73. The van der Waals surface area contributed by atoms with Crippen molar-refractivity contribution < 1.29 is 14.0 Å². The molecule has 1 aliphatic rings. The Morgan fingerprint density at radius 3 is 2.45 bits per heavy atom. The zero-order valence-corrected chi connectivity index (χ0v) is 11.5. The number of amides is 2. The van der Waals surface area contributed by atoms with Crippen molar-refractivity contribution in [1.29, 1.82) is 0 Å². The smallest absolute Gasteiger partial charge is 0.256 e. The lowest BCUT2D eigenvalue weighted by Crippen LogP contribution is -2.29. The first kappa shape index (κ1) is 13.9. The highest BCUT2D eigenvalue weighted by Gasteiger charge is 2.26. The highest BCUT2D eigenvalue weighted by atomic mass is 19.1. The summed E-state index contributed by atoms with van der Waals surface area (Å²) in [6, 6.07) is 14.1. The number of carbonyl (C=O) groups is 2. The number of rotatable bonds is 2. The first-order valence-electron chi connectivity index (χ1n) is 6.66. The third-order valence-electron chi connectivity index (χ3n) is 3.14. The minimum absolute atomic E-state index is 0.0157. The molecule has 2 aromatic carbocycles. The van der Waals surface area contributed by atoms with Gasteiger partial charge in [-0.1, -0.05) is 18.2 Å². The average Bonchev–Trinajstić information content (AvgIpc) is 2.89. The number of nitrogens with one attached hydrogen (secondary N) is 1. The molecule has 3 rings (SSSR count). The highest BCUT2D eigenvalue weighted by molar-refractivity contribution is 6.17. The summed E-state index contributed by atoms with van der Waals surface area (Å²) in [7, 11) is 0. The van der Waals surface area contributed by atoms with Crippen LogP contribution in [0.15, 0.2) is 59.7 Å². The number of benzene rings is 2. The molecule has 0 unspecified atom stereocenters. The van der Waals surface area contributed by atoms with Gasteiger partial charge in [0.2, 0.25) is 0 Å². The minimum atomic E-state index is -0.429. The summed E-state index contributed by atoms with van der Waals surface area (Å²) in [4.78, 5) is 24.0. The molecular formula is C16H12FN3O2. The molecule has 5 nitrogen and oxygen atoms in total. The predicted molar refractivity (Wildman–Crippen MR) is 79.8 cm³/mol. The molecule has 1 N–H and O–H groups in total. The van der Waals surface area contributed by atoms with Crippen molar-refractivity contribution in [3.8, 4) is 0 Å². The Bertz CT molecular complexity index is 742. The molecule has 0 aromatic heterocycles. The van der Waals surface area contributed by atoms with Crippen molar-refractivity contribution in [3.63, 3.8) is 0 Å². The van der Waals surface area contributed by atoms with Crippen LogP contribution < -0.4 is 10.3 Å². The standard InChI is InChI=1S/C16H12FN3O2/c17-12-8-6-11(7-9-12)16(22)18-14-10-15(21)20(19-14)13-4-2-1-3-5-13/h1-9H,10H2,(H,18,19,22). The van der Waals surface area contributed by atoms with Gasteiger partial charge in [0.15, 0.2) is 0 Å². The third-order valence-corrected chi connectivity index (χ3v) is 3.14. The Hall–Kier alpha value is -3.02. The first-order valence-corrected chi connectivity index (χ1v) is 6.66. The van der Waals surface area contributed by atoms with Gasteiger partial charge >= 0.3 is 0 Å². The maximum Gasteiger partial charge on any atom is 0.256 e. The van der Waals surface area contributed by atoms with Crippen LogP contribution in [0.1, 0.15) is 16.8 Å². The number of hydrogen-bond donors (Lipinski definition) is 1. The number of halogens is 1. The third kappa shape index (κ3) is 2.85. The lowest BCUT2D eigenvalue weighted by atomic mass is 10.2. The normalized spacial score (nSPS) is 14.0. The van der Waals surface area contributed by atoms with Gasteiger partial charge in [-0.2, -0.15) is 10.1 Å². The summed E-state index contributed by atoms with van der Waals surface area (Å²) < 4.78 is 12.8. The Labute approximate surface area is 126 Å². The van der Waals surface area contributed by atoms with Crippen molar-refractivity contribution in [2.75, 3.05) is 5.01 Å². The van der Waals surface area contributed by atoms with Gasteiger partial charge in [0.25, 0.3) is 11.8 Å².